The van der Waals surface area contributed by atoms with Gasteiger partial charge in [-0.15, -0.1) is 0 Å². The Hall–Kier alpha value is -1.35. The van der Waals surface area contributed by atoms with Gasteiger partial charge < -0.3 is 15.3 Å². The number of piperazine rings is 1. The van der Waals surface area contributed by atoms with Gasteiger partial charge in [0.25, 0.3) is 0 Å². The van der Waals surface area contributed by atoms with Crippen LogP contribution in [0.3, 0.4) is 0 Å². The molecule has 1 fully saturated rings. The molecule has 20 heavy (non-hydrogen) atoms. The molecule has 2 N–H and O–H groups in total. The molecular formula is C11H21N3O5S. The maximum atomic E-state index is 12.0. The van der Waals surface area contributed by atoms with Crippen molar-refractivity contribution in [3.63, 3.8) is 0 Å². The molecule has 9 heteroatoms. The molecule has 8 nitrogen and oxygen atoms in total. The van der Waals surface area contributed by atoms with E-state index in [4.69, 9.17) is 5.11 Å². The molecule has 0 radical (unpaired) electrons. The van der Waals surface area contributed by atoms with E-state index in [0.29, 0.717) is 0 Å². The van der Waals surface area contributed by atoms with Crippen molar-refractivity contribution in [2.24, 2.45) is 5.92 Å². The number of carbonyl (C=O) groups excluding carboxylic acids is 1. The predicted octanol–water partition coefficient (Wildman–Crippen LogP) is -0.618. The summed E-state index contributed by atoms with van der Waals surface area (Å²) in [5.74, 6) is -1.31. The molecule has 1 atom stereocenters. The van der Waals surface area contributed by atoms with E-state index in [1.807, 2.05) is 0 Å². The van der Waals surface area contributed by atoms with E-state index >= 15 is 0 Å². The van der Waals surface area contributed by atoms with Gasteiger partial charge in [0.1, 0.15) is 6.04 Å². The predicted molar refractivity (Wildman–Crippen MR) is 72.8 cm³/mol. The number of carboxylic acid groups (broad SMARTS) is 1. The van der Waals surface area contributed by atoms with Gasteiger partial charge in [0.05, 0.1) is 6.26 Å². The summed E-state index contributed by atoms with van der Waals surface area (Å²) in [5, 5.41) is 11.5. The molecule has 0 aromatic heterocycles. The Morgan fingerprint density at radius 1 is 1.15 bits per heavy atom. The van der Waals surface area contributed by atoms with Crippen LogP contribution < -0.4 is 5.32 Å². The van der Waals surface area contributed by atoms with Gasteiger partial charge in [-0.05, 0) is 5.92 Å². The summed E-state index contributed by atoms with van der Waals surface area (Å²) in [5.41, 5.74) is 0. The van der Waals surface area contributed by atoms with Crippen LogP contribution in [0.25, 0.3) is 0 Å². The molecule has 1 rings (SSSR count). The fourth-order valence-corrected chi connectivity index (χ4v) is 2.79. The Bertz CT molecular complexity index is 468. The third-order valence-electron chi connectivity index (χ3n) is 3.21. The summed E-state index contributed by atoms with van der Waals surface area (Å²) in [6.07, 6.45) is 1.13. The molecule has 0 bridgehead atoms. The summed E-state index contributed by atoms with van der Waals surface area (Å²) in [7, 11) is -3.24. The van der Waals surface area contributed by atoms with E-state index in [2.05, 4.69) is 5.32 Å². The van der Waals surface area contributed by atoms with Gasteiger partial charge in [-0.25, -0.2) is 18.0 Å². The SMILES string of the molecule is CC(C)[C@H](NC(=O)N1CCN(S(C)(=O)=O)CC1)C(=O)O. The molecule has 1 aliphatic rings. The molecule has 0 aromatic carbocycles. The van der Waals surface area contributed by atoms with E-state index in [9.17, 15) is 18.0 Å². The maximum absolute atomic E-state index is 12.0. The zero-order chi connectivity index (χ0) is 15.5. The van der Waals surface area contributed by atoms with Crippen LogP contribution in [0.15, 0.2) is 0 Å². The molecule has 0 aromatic rings. The van der Waals surface area contributed by atoms with Crippen LogP contribution in [0.2, 0.25) is 0 Å². The number of carboxylic acids is 1. The van der Waals surface area contributed by atoms with Crippen LogP contribution in [-0.4, -0.2) is 73.2 Å². The highest BCUT2D eigenvalue weighted by atomic mass is 32.2. The van der Waals surface area contributed by atoms with Gasteiger partial charge >= 0.3 is 12.0 Å². The second-order valence-corrected chi connectivity index (χ2v) is 7.14. The molecule has 0 aliphatic carbocycles. The number of urea groups is 1. The lowest BCUT2D eigenvalue weighted by molar-refractivity contribution is -0.140. The number of nitrogens with zero attached hydrogens (tertiary/aromatic N) is 2. The Balaban J connectivity index is 2.57. The van der Waals surface area contributed by atoms with Gasteiger partial charge in [0, 0.05) is 26.2 Å². The number of amides is 2. The normalized spacial score (nSPS) is 18.9. The van der Waals surface area contributed by atoms with Crippen LogP contribution in [-0.2, 0) is 14.8 Å². The highest BCUT2D eigenvalue weighted by Gasteiger charge is 2.29. The van der Waals surface area contributed by atoms with Crippen LogP contribution >= 0.6 is 0 Å². The van der Waals surface area contributed by atoms with Crippen molar-refractivity contribution < 1.29 is 23.1 Å². The number of rotatable bonds is 4. The number of sulfonamides is 1. The summed E-state index contributed by atoms with van der Waals surface area (Å²) >= 11 is 0. The van der Waals surface area contributed by atoms with E-state index in [1.54, 1.807) is 13.8 Å². The van der Waals surface area contributed by atoms with Gasteiger partial charge in [-0.2, -0.15) is 4.31 Å². The van der Waals surface area contributed by atoms with Crippen LogP contribution in [0.4, 0.5) is 4.79 Å². The number of carbonyl (C=O) groups is 2. The zero-order valence-corrected chi connectivity index (χ0v) is 12.7. The number of aliphatic carboxylic acids is 1. The minimum atomic E-state index is -3.24. The fourth-order valence-electron chi connectivity index (χ4n) is 1.96. The molecule has 1 saturated heterocycles. The van der Waals surface area contributed by atoms with Crippen molar-refractivity contribution in [2.45, 2.75) is 19.9 Å². The first-order valence-corrected chi connectivity index (χ1v) is 8.21. The average molecular weight is 307 g/mol. The van der Waals surface area contributed by atoms with Gasteiger partial charge in [-0.3, -0.25) is 0 Å². The lowest BCUT2D eigenvalue weighted by Crippen LogP contribution is -2.56. The highest BCUT2D eigenvalue weighted by molar-refractivity contribution is 7.88. The minimum Gasteiger partial charge on any atom is -0.480 e. The van der Waals surface area contributed by atoms with Crippen molar-refractivity contribution in [3.05, 3.63) is 0 Å². The van der Waals surface area contributed by atoms with Crippen molar-refractivity contribution in [1.82, 2.24) is 14.5 Å². The lowest BCUT2D eigenvalue weighted by Gasteiger charge is -2.34. The molecule has 1 aliphatic heterocycles. The van der Waals surface area contributed by atoms with Crippen molar-refractivity contribution in [2.75, 3.05) is 32.4 Å². The molecule has 0 spiro atoms. The van der Waals surface area contributed by atoms with E-state index in [1.165, 1.54) is 9.21 Å². The van der Waals surface area contributed by atoms with Crippen LogP contribution in [0.5, 0.6) is 0 Å². The van der Waals surface area contributed by atoms with Crippen LogP contribution in [0.1, 0.15) is 13.8 Å². The van der Waals surface area contributed by atoms with Crippen molar-refractivity contribution in [3.8, 4) is 0 Å². The number of hydrogen-bond donors (Lipinski definition) is 2. The first-order valence-electron chi connectivity index (χ1n) is 6.36. The smallest absolute Gasteiger partial charge is 0.326 e. The lowest BCUT2D eigenvalue weighted by atomic mass is 10.1. The van der Waals surface area contributed by atoms with E-state index in [-0.39, 0.29) is 32.1 Å². The van der Waals surface area contributed by atoms with Crippen molar-refractivity contribution in [1.29, 1.82) is 0 Å². The van der Waals surface area contributed by atoms with Crippen LogP contribution in [0, 0.1) is 5.92 Å². The molecule has 0 unspecified atom stereocenters. The first kappa shape index (κ1) is 16.7. The van der Waals surface area contributed by atoms with Crippen molar-refractivity contribution >= 4 is 22.0 Å². The average Bonchev–Trinajstić information content (AvgIpc) is 2.34. The van der Waals surface area contributed by atoms with E-state index in [0.717, 1.165) is 6.26 Å². The largest absolute Gasteiger partial charge is 0.480 e. The van der Waals surface area contributed by atoms with Gasteiger partial charge in [0.2, 0.25) is 10.0 Å². The van der Waals surface area contributed by atoms with Gasteiger partial charge in [-0.1, -0.05) is 13.8 Å². The topological polar surface area (TPSA) is 107 Å². The van der Waals surface area contributed by atoms with Gasteiger partial charge in [0.15, 0.2) is 0 Å². The molecule has 2 amide bonds. The Morgan fingerprint density at radius 3 is 2.00 bits per heavy atom. The third kappa shape index (κ3) is 4.34. The summed E-state index contributed by atoms with van der Waals surface area (Å²) in [6, 6.07) is -1.42. The second kappa shape index (κ2) is 6.40. The molecular weight excluding hydrogens is 286 g/mol. The second-order valence-electron chi connectivity index (χ2n) is 5.16. The zero-order valence-electron chi connectivity index (χ0n) is 11.9. The first-order chi connectivity index (χ1) is 9.12. The Kier molecular flexibility index (Phi) is 5.35. The third-order valence-corrected chi connectivity index (χ3v) is 4.51. The Labute approximate surface area is 118 Å². The maximum Gasteiger partial charge on any atom is 0.326 e. The molecule has 116 valence electrons. The Morgan fingerprint density at radius 2 is 1.65 bits per heavy atom. The fraction of sp³-hybridized carbons (Fsp3) is 0.818. The molecule has 1 heterocycles. The van der Waals surface area contributed by atoms with E-state index < -0.39 is 28.1 Å². The standard InChI is InChI=1S/C11H21N3O5S/c1-8(2)9(10(15)16)12-11(17)13-4-6-14(7-5-13)20(3,18)19/h8-9H,4-7H2,1-3H3,(H,12,17)(H,15,16)/t9-/m0/s1. The number of nitrogens with one attached hydrogen (secondary N) is 1. The number of hydrogen-bond acceptors (Lipinski definition) is 4. The summed E-state index contributed by atoms with van der Waals surface area (Å²) in [6.45, 7) is 4.38. The highest BCUT2D eigenvalue weighted by Crippen LogP contribution is 2.08. The minimum absolute atomic E-state index is 0.228. The quantitative estimate of drug-likeness (QED) is 0.720. The summed E-state index contributed by atoms with van der Waals surface area (Å²) < 4.78 is 24.0. The summed E-state index contributed by atoms with van der Waals surface area (Å²) in [4.78, 5) is 24.4. The molecule has 0 saturated carbocycles. The monoisotopic (exact) mass is 307 g/mol.